The first-order valence-electron chi connectivity index (χ1n) is 10.4. The number of hydrogen-bond acceptors (Lipinski definition) is 5. The molecule has 1 saturated carbocycles. The zero-order valence-corrected chi connectivity index (χ0v) is 18.3. The van der Waals surface area contributed by atoms with E-state index >= 15 is 0 Å². The topological polar surface area (TPSA) is 67.1 Å². The maximum Gasteiger partial charge on any atom is 0.262 e. The van der Waals surface area contributed by atoms with Crippen molar-refractivity contribution in [3.63, 3.8) is 0 Å². The molecule has 1 atom stereocenters. The summed E-state index contributed by atoms with van der Waals surface area (Å²) in [6, 6.07) is 7.86. The third kappa shape index (κ3) is 4.20. The lowest BCUT2D eigenvalue weighted by Gasteiger charge is -2.32. The summed E-state index contributed by atoms with van der Waals surface area (Å²) in [5.41, 5.74) is 1.95. The Morgan fingerprint density at radius 2 is 2.13 bits per heavy atom. The van der Waals surface area contributed by atoms with Gasteiger partial charge in [0.2, 0.25) is 5.91 Å². The number of aromatic nitrogens is 1. The minimum Gasteiger partial charge on any atom is -0.383 e. The lowest BCUT2D eigenvalue weighted by atomic mass is 9.84. The molecule has 1 fully saturated rings. The van der Waals surface area contributed by atoms with Gasteiger partial charge in [-0.1, -0.05) is 12.5 Å². The van der Waals surface area contributed by atoms with Gasteiger partial charge in [0.1, 0.15) is 12.6 Å². The van der Waals surface area contributed by atoms with Crippen molar-refractivity contribution >= 4 is 28.9 Å². The second kappa shape index (κ2) is 9.14. The number of hydrogen-bond donors (Lipinski definition) is 0. The van der Waals surface area contributed by atoms with Gasteiger partial charge in [-0.15, -0.1) is 11.3 Å². The van der Waals surface area contributed by atoms with Gasteiger partial charge in [0, 0.05) is 44.9 Å². The number of amides is 2. The van der Waals surface area contributed by atoms with Gasteiger partial charge in [-0.3, -0.25) is 9.59 Å². The Balaban J connectivity index is 1.56. The van der Waals surface area contributed by atoms with Crippen LogP contribution >= 0.6 is 11.3 Å². The average molecular weight is 429 g/mol. The second-order valence-electron chi connectivity index (χ2n) is 7.91. The average Bonchev–Trinajstić information content (AvgIpc) is 3.42. The molecule has 0 bridgehead atoms. The quantitative estimate of drug-likeness (QED) is 0.649. The number of aryl methyl sites for hydroxylation is 1. The van der Waals surface area contributed by atoms with Crippen molar-refractivity contribution in [1.29, 1.82) is 0 Å². The largest absolute Gasteiger partial charge is 0.383 e. The van der Waals surface area contributed by atoms with Crippen molar-refractivity contribution < 1.29 is 14.3 Å². The number of rotatable bonds is 8. The minimum atomic E-state index is -0.169. The molecule has 1 aliphatic carbocycles. The van der Waals surface area contributed by atoms with Crippen molar-refractivity contribution in [1.82, 2.24) is 14.5 Å². The van der Waals surface area contributed by atoms with Crippen LogP contribution < -0.4 is 0 Å². The summed E-state index contributed by atoms with van der Waals surface area (Å²) in [5, 5.41) is 8.31. The van der Waals surface area contributed by atoms with Crippen LogP contribution in [0, 0.1) is 5.92 Å². The molecule has 0 radical (unpaired) electrons. The van der Waals surface area contributed by atoms with Gasteiger partial charge in [-0.05, 0) is 36.4 Å². The fourth-order valence-electron chi connectivity index (χ4n) is 4.00. The molecule has 0 unspecified atom stereocenters. The Kier molecular flexibility index (Phi) is 6.34. The molecular weight excluding hydrogens is 400 g/mol. The lowest BCUT2D eigenvalue weighted by molar-refractivity contribution is -0.146. The van der Waals surface area contributed by atoms with Crippen LogP contribution in [0.2, 0.25) is 0 Å². The van der Waals surface area contributed by atoms with Crippen LogP contribution in [-0.4, -0.2) is 58.8 Å². The van der Waals surface area contributed by atoms with Crippen LogP contribution in [0.3, 0.4) is 0 Å². The first-order chi connectivity index (χ1) is 14.6. The molecule has 7 nitrogen and oxygen atoms in total. The molecule has 2 aromatic heterocycles. The summed E-state index contributed by atoms with van der Waals surface area (Å²) < 4.78 is 7.20. The lowest BCUT2D eigenvalue weighted by Crippen LogP contribution is -2.46. The molecule has 8 heteroatoms. The standard InChI is InChI=1S/C22H28N4O3S/c1-24-10-4-8-18(24)19-14-17(20-9-5-13-30-20)23-26(19)21(27)15-25(11-12-29-2)22(28)16-6-3-7-16/h4-5,8-10,13,16,19H,3,6-7,11-12,14-15H2,1-2H3/t19-/m1/s1. The fraction of sp³-hybridized carbons (Fsp3) is 0.500. The Morgan fingerprint density at radius 1 is 1.30 bits per heavy atom. The SMILES string of the molecule is COCCN(CC(=O)N1N=C(c2cccs2)C[C@@H]1c1cccn1C)C(=O)C1CCC1. The van der Waals surface area contributed by atoms with E-state index in [2.05, 4.69) is 0 Å². The monoisotopic (exact) mass is 428 g/mol. The number of ether oxygens (including phenoxy) is 1. The molecule has 30 heavy (non-hydrogen) atoms. The van der Waals surface area contributed by atoms with Crippen LogP contribution in [0.15, 0.2) is 40.9 Å². The number of thiophene rings is 1. The molecule has 160 valence electrons. The predicted molar refractivity (Wildman–Crippen MR) is 116 cm³/mol. The van der Waals surface area contributed by atoms with Crippen molar-refractivity contribution in [3.8, 4) is 0 Å². The first-order valence-corrected chi connectivity index (χ1v) is 11.3. The summed E-state index contributed by atoms with van der Waals surface area (Å²) in [4.78, 5) is 28.9. The maximum absolute atomic E-state index is 13.4. The molecule has 2 aliphatic rings. The molecule has 4 rings (SSSR count). The fourth-order valence-corrected chi connectivity index (χ4v) is 4.72. The third-order valence-corrected chi connectivity index (χ3v) is 6.87. The highest BCUT2D eigenvalue weighted by Gasteiger charge is 2.37. The molecule has 2 amide bonds. The maximum atomic E-state index is 13.4. The van der Waals surface area contributed by atoms with Crippen LogP contribution in [0.5, 0.6) is 0 Å². The Bertz CT molecular complexity index is 917. The van der Waals surface area contributed by atoms with Gasteiger partial charge in [0.15, 0.2) is 0 Å². The van der Waals surface area contributed by atoms with E-state index in [1.165, 1.54) is 0 Å². The van der Waals surface area contributed by atoms with E-state index in [9.17, 15) is 9.59 Å². The summed E-state index contributed by atoms with van der Waals surface area (Å²) in [6.45, 7) is 0.860. The molecule has 0 spiro atoms. The van der Waals surface area contributed by atoms with Crippen molar-refractivity contribution in [2.75, 3.05) is 26.8 Å². The van der Waals surface area contributed by atoms with Crippen molar-refractivity contribution in [2.45, 2.75) is 31.7 Å². The Morgan fingerprint density at radius 3 is 2.73 bits per heavy atom. The van der Waals surface area contributed by atoms with Crippen LogP contribution in [-0.2, 0) is 21.4 Å². The van der Waals surface area contributed by atoms with Gasteiger partial charge in [0.25, 0.3) is 5.91 Å². The Hall–Kier alpha value is -2.45. The normalized spacial score (nSPS) is 18.9. The van der Waals surface area contributed by atoms with Crippen LogP contribution in [0.25, 0.3) is 0 Å². The number of carbonyl (C=O) groups excluding carboxylic acids is 2. The number of nitrogens with zero attached hydrogens (tertiary/aromatic N) is 4. The van der Waals surface area contributed by atoms with E-state index in [0.29, 0.717) is 19.6 Å². The third-order valence-electron chi connectivity index (χ3n) is 5.95. The zero-order chi connectivity index (χ0) is 21.1. The molecule has 1 aliphatic heterocycles. The van der Waals surface area contributed by atoms with E-state index in [1.807, 2.05) is 47.5 Å². The van der Waals surface area contributed by atoms with Crippen molar-refractivity contribution in [2.24, 2.45) is 18.1 Å². The molecule has 0 aromatic carbocycles. The highest BCUT2D eigenvalue weighted by molar-refractivity contribution is 7.12. The summed E-state index contributed by atoms with van der Waals surface area (Å²) in [5.74, 6) is -0.0534. The summed E-state index contributed by atoms with van der Waals surface area (Å²) in [7, 11) is 3.59. The van der Waals surface area contributed by atoms with E-state index in [4.69, 9.17) is 9.84 Å². The number of carbonyl (C=O) groups is 2. The van der Waals surface area contributed by atoms with Gasteiger partial charge in [-0.25, -0.2) is 5.01 Å². The van der Waals surface area contributed by atoms with Gasteiger partial charge in [0.05, 0.1) is 17.2 Å². The van der Waals surface area contributed by atoms with Gasteiger partial charge >= 0.3 is 0 Å². The highest BCUT2D eigenvalue weighted by atomic mass is 32.1. The van der Waals surface area contributed by atoms with Crippen LogP contribution in [0.1, 0.15) is 42.3 Å². The zero-order valence-electron chi connectivity index (χ0n) is 17.5. The number of hydrazone groups is 1. The second-order valence-corrected chi connectivity index (χ2v) is 8.85. The molecule has 0 N–H and O–H groups in total. The molecule has 0 saturated heterocycles. The van der Waals surface area contributed by atoms with E-state index in [-0.39, 0.29) is 30.3 Å². The van der Waals surface area contributed by atoms with E-state index in [1.54, 1.807) is 28.4 Å². The Labute approximate surface area is 180 Å². The molecule has 3 heterocycles. The van der Waals surface area contributed by atoms with Gasteiger partial charge < -0.3 is 14.2 Å². The summed E-state index contributed by atoms with van der Waals surface area (Å²) in [6.07, 6.45) is 5.54. The predicted octanol–water partition coefficient (Wildman–Crippen LogP) is 3.04. The first kappa shape index (κ1) is 20.8. The molecule has 2 aromatic rings. The highest BCUT2D eigenvalue weighted by Crippen LogP contribution is 2.34. The van der Waals surface area contributed by atoms with E-state index < -0.39 is 0 Å². The van der Waals surface area contributed by atoms with Gasteiger partial charge in [-0.2, -0.15) is 5.10 Å². The van der Waals surface area contributed by atoms with Crippen molar-refractivity contribution in [3.05, 3.63) is 46.4 Å². The van der Waals surface area contributed by atoms with E-state index in [0.717, 1.165) is 35.5 Å². The summed E-state index contributed by atoms with van der Waals surface area (Å²) >= 11 is 1.63. The van der Waals surface area contributed by atoms with Crippen LogP contribution in [0.4, 0.5) is 0 Å². The number of methoxy groups -OCH3 is 1. The smallest absolute Gasteiger partial charge is 0.262 e. The minimum absolute atomic E-state index is 0.0286. The molecular formula is C22H28N4O3S.